The van der Waals surface area contributed by atoms with Gasteiger partial charge < -0.3 is 14.4 Å². The topological polar surface area (TPSA) is 59.1 Å². The van der Waals surface area contributed by atoms with Crippen LogP contribution in [0.5, 0.6) is 11.5 Å². The minimum atomic E-state index is -3.52. The normalized spacial score (nSPS) is 15.7. The van der Waals surface area contributed by atoms with E-state index >= 15 is 0 Å². The lowest BCUT2D eigenvalue weighted by Crippen LogP contribution is -2.48. The molecule has 2 aromatic rings. The molecule has 2 aromatic carbocycles. The third-order valence-electron chi connectivity index (χ3n) is 4.44. The van der Waals surface area contributed by atoms with Crippen molar-refractivity contribution < 1.29 is 17.9 Å². The molecule has 26 heavy (non-hydrogen) atoms. The molecule has 1 saturated heterocycles. The molecule has 1 aliphatic rings. The fourth-order valence-corrected chi connectivity index (χ4v) is 5.08. The maximum atomic E-state index is 12.9. The molecule has 0 unspecified atom stereocenters. The maximum absolute atomic E-state index is 12.9. The van der Waals surface area contributed by atoms with Crippen LogP contribution < -0.4 is 14.4 Å². The second-order valence-electron chi connectivity index (χ2n) is 5.89. The Morgan fingerprint density at radius 2 is 1.58 bits per heavy atom. The number of hydrogen-bond acceptors (Lipinski definition) is 5. The Bertz CT molecular complexity index is 863. The van der Waals surface area contributed by atoms with E-state index in [2.05, 4.69) is 20.8 Å². The Kier molecular flexibility index (Phi) is 5.74. The molecule has 0 N–H and O–H groups in total. The number of nitrogens with zero attached hydrogens (tertiary/aromatic N) is 2. The molecule has 6 nitrogen and oxygen atoms in total. The molecule has 3 rings (SSSR count). The Balaban J connectivity index is 1.71. The molecule has 0 radical (unpaired) electrons. The number of hydrogen-bond donors (Lipinski definition) is 0. The van der Waals surface area contributed by atoms with Gasteiger partial charge in [-0.25, -0.2) is 8.42 Å². The van der Waals surface area contributed by atoms with E-state index in [4.69, 9.17) is 9.47 Å². The minimum Gasteiger partial charge on any atom is -0.497 e. The molecule has 1 aliphatic heterocycles. The molecule has 0 aliphatic carbocycles. The summed E-state index contributed by atoms with van der Waals surface area (Å²) in [6.07, 6.45) is 0. The number of benzene rings is 2. The lowest BCUT2D eigenvalue weighted by molar-refractivity contribution is 0.384. The Hall–Kier alpha value is -1.77. The van der Waals surface area contributed by atoms with Crippen molar-refractivity contribution in [3.8, 4) is 11.5 Å². The van der Waals surface area contributed by atoms with Crippen LogP contribution in [0.25, 0.3) is 0 Å². The van der Waals surface area contributed by atoms with Gasteiger partial charge >= 0.3 is 0 Å². The van der Waals surface area contributed by atoms with Crippen molar-refractivity contribution in [3.63, 3.8) is 0 Å². The van der Waals surface area contributed by atoms with Gasteiger partial charge in [0.1, 0.15) is 11.5 Å². The summed E-state index contributed by atoms with van der Waals surface area (Å²) in [5, 5.41) is 0. The second-order valence-corrected chi connectivity index (χ2v) is 8.68. The summed E-state index contributed by atoms with van der Waals surface area (Å²) in [5.41, 5.74) is 1.06. The zero-order valence-corrected chi connectivity index (χ0v) is 17.1. The lowest BCUT2D eigenvalue weighted by Gasteiger charge is -2.35. The van der Waals surface area contributed by atoms with Crippen molar-refractivity contribution in [2.45, 2.75) is 4.90 Å². The zero-order chi connectivity index (χ0) is 18.7. The van der Waals surface area contributed by atoms with Crippen LogP contribution in [0.3, 0.4) is 0 Å². The van der Waals surface area contributed by atoms with Crippen molar-refractivity contribution in [1.82, 2.24) is 4.31 Å². The second kappa shape index (κ2) is 7.85. The fourth-order valence-electron chi connectivity index (χ4n) is 2.94. The van der Waals surface area contributed by atoms with Crippen LogP contribution in [-0.4, -0.2) is 53.1 Å². The van der Waals surface area contributed by atoms with Gasteiger partial charge in [0.05, 0.1) is 23.6 Å². The van der Waals surface area contributed by atoms with E-state index in [0.29, 0.717) is 36.4 Å². The fraction of sp³-hybridized carbons (Fsp3) is 0.333. The Morgan fingerprint density at radius 1 is 0.923 bits per heavy atom. The summed E-state index contributed by atoms with van der Waals surface area (Å²) in [5.74, 6) is 1.41. The van der Waals surface area contributed by atoms with E-state index in [1.165, 1.54) is 4.31 Å². The van der Waals surface area contributed by atoms with Crippen LogP contribution in [0.15, 0.2) is 51.8 Å². The molecule has 0 saturated carbocycles. The van der Waals surface area contributed by atoms with Crippen molar-refractivity contribution in [2.24, 2.45) is 0 Å². The molecule has 140 valence electrons. The number of halogens is 1. The van der Waals surface area contributed by atoms with Crippen LogP contribution in [0.2, 0.25) is 0 Å². The summed E-state index contributed by atoms with van der Waals surface area (Å²) in [4.78, 5) is 2.44. The molecule has 0 aromatic heterocycles. The number of anilines is 1. The zero-order valence-electron chi connectivity index (χ0n) is 14.7. The summed E-state index contributed by atoms with van der Waals surface area (Å²) in [7, 11) is -0.341. The molecule has 8 heteroatoms. The molecule has 0 spiro atoms. The third-order valence-corrected chi connectivity index (χ3v) is 6.95. The SMILES string of the molecule is COc1ccc(N2CCN(S(=O)(=O)c3ccc(OC)c(Br)c3)CC2)cc1. The first-order chi connectivity index (χ1) is 12.5. The number of piperazine rings is 1. The van der Waals surface area contributed by atoms with Crippen molar-refractivity contribution in [1.29, 1.82) is 0 Å². The van der Waals surface area contributed by atoms with Gasteiger partial charge in [0.2, 0.25) is 10.0 Å². The molecule has 0 amide bonds. The van der Waals surface area contributed by atoms with Gasteiger partial charge in [0, 0.05) is 31.9 Å². The highest BCUT2D eigenvalue weighted by atomic mass is 79.9. The molecule has 1 heterocycles. The van der Waals surface area contributed by atoms with Crippen LogP contribution in [0.4, 0.5) is 5.69 Å². The van der Waals surface area contributed by atoms with Crippen molar-refractivity contribution in [2.75, 3.05) is 45.3 Å². The van der Waals surface area contributed by atoms with Gasteiger partial charge in [0.25, 0.3) is 0 Å². The van der Waals surface area contributed by atoms with Crippen LogP contribution >= 0.6 is 15.9 Å². The van der Waals surface area contributed by atoms with Gasteiger partial charge in [-0.3, -0.25) is 0 Å². The third kappa shape index (κ3) is 3.82. The first kappa shape index (κ1) is 19.0. The van der Waals surface area contributed by atoms with E-state index in [1.54, 1.807) is 32.4 Å². The average Bonchev–Trinajstić information content (AvgIpc) is 2.68. The molecular formula is C18H21BrN2O4S. The predicted molar refractivity (Wildman–Crippen MR) is 105 cm³/mol. The van der Waals surface area contributed by atoms with Gasteiger partial charge in [-0.15, -0.1) is 0 Å². The number of sulfonamides is 1. The van der Waals surface area contributed by atoms with E-state index in [9.17, 15) is 8.42 Å². The number of rotatable bonds is 5. The van der Waals surface area contributed by atoms with Crippen LogP contribution in [-0.2, 0) is 10.0 Å². The van der Waals surface area contributed by atoms with Crippen LogP contribution in [0.1, 0.15) is 0 Å². The molecule has 0 atom stereocenters. The van der Waals surface area contributed by atoms with Crippen molar-refractivity contribution in [3.05, 3.63) is 46.9 Å². The number of ether oxygens (including phenoxy) is 2. The highest BCUT2D eigenvalue weighted by Gasteiger charge is 2.29. The van der Waals surface area contributed by atoms with Gasteiger partial charge in [-0.1, -0.05) is 0 Å². The minimum absolute atomic E-state index is 0.267. The smallest absolute Gasteiger partial charge is 0.243 e. The van der Waals surface area contributed by atoms with E-state index in [0.717, 1.165) is 11.4 Å². The summed E-state index contributed by atoms with van der Waals surface area (Å²) in [6.45, 7) is 2.17. The number of methoxy groups -OCH3 is 2. The summed E-state index contributed by atoms with van der Waals surface area (Å²) < 4.78 is 38.3. The predicted octanol–water partition coefficient (Wildman–Crippen LogP) is 2.98. The Labute approximate surface area is 162 Å². The first-order valence-electron chi connectivity index (χ1n) is 8.18. The Morgan fingerprint density at radius 3 is 2.12 bits per heavy atom. The lowest BCUT2D eigenvalue weighted by atomic mass is 10.2. The van der Waals surface area contributed by atoms with Crippen LogP contribution in [0, 0.1) is 0 Å². The van der Waals surface area contributed by atoms with Gasteiger partial charge in [-0.2, -0.15) is 4.31 Å². The monoisotopic (exact) mass is 440 g/mol. The maximum Gasteiger partial charge on any atom is 0.243 e. The van der Waals surface area contributed by atoms with E-state index in [1.807, 2.05) is 24.3 Å². The molecule has 0 bridgehead atoms. The van der Waals surface area contributed by atoms with Gasteiger partial charge in [0.15, 0.2) is 0 Å². The summed E-state index contributed by atoms with van der Waals surface area (Å²) >= 11 is 3.35. The standard InChI is InChI=1S/C18H21BrN2O4S/c1-24-15-5-3-14(4-6-15)20-9-11-21(12-10-20)26(22,23)16-7-8-18(25-2)17(19)13-16/h3-8,13H,9-12H2,1-2H3. The van der Waals surface area contributed by atoms with E-state index in [-0.39, 0.29) is 4.90 Å². The van der Waals surface area contributed by atoms with Gasteiger partial charge in [-0.05, 0) is 58.4 Å². The summed E-state index contributed by atoms with van der Waals surface area (Å²) in [6, 6.07) is 12.6. The molecule has 1 fully saturated rings. The quantitative estimate of drug-likeness (QED) is 0.714. The highest BCUT2D eigenvalue weighted by molar-refractivity contribution is 9.10. The van der Waals surface area contributed by atoms with E-state index < -0.39 is 10.0 Å². The molecular weight excluding hydrogens is 420 g/mol. The average molecular weight is 441 g/mol. The largest absolute Gasteiger partial charge is 0.497 e. The first-order valence-corrected chi connectivity index (χ1v) is 10.4. The van der Waals surface area contributed by atoms with Crippen molar-refractivity contribution >= 4 is 31.6 Å². The highest BCUT2D eigenvalue weighted by Crippen LogP contribution is 2.29.